The zero-order valence-corrected chi connectivity index (χ0v) is 9.55. The number of carbonyl (C=O) groups is 1. The van der Waals surface area contributed by atoms with Crippen molar-refractivity contribution < 1.29 is 9.90 Å². The summed E-state index contributed by atoms with van der Waals surface area (Å²) in [6.07, 6.45) is 0.937. The average molecular weight is 202 g/mol. The summed E-state index contributed by atoms with van der Waals surface area (Å²) in [5, 5.41) is 15.3. The number of nitrogens with one attached hydrogen (secondary N) is 2. The molecule has 0 saturated carbocycles. The first-order valence-corrected chi connectivity index (χ1v) is 5.10. The zero-order valence-electron chi connectivity index (χ0n) is 9.55. The molecule has 0 aromatic heterocycles. The van der Waals surface area contributed by atoms with Gasteiger partial charge in [-0.05, 0) is 27.2 Å². The highest BCUT2D eigenvalue weighted by molar-refractivity contribution is 5.77. The van der Waals surface area contributed by atoms with Gasteiger partial charge in [0.25, 0.3) is 0 Å². The molecule has 0 saturated heterocycles. The molecule has 4 nitrogen and oxygen atoms in total. The first-order valence-electron chi connectivity index (χ1n) is 5.10. The van der Waals surface area contributed by atoms with Crippen LogP contribution in [0, 0.1) is 0 Å². The highest BCUT2D eigenvalue weighted by Crippen LogP contribution is 2.06. The lowest BCUT2D eigenvalue weighted by Gasteiger charge is -2.26. The molecule has 0 heterocycles. The van der Waals surface area contributed by atoms with Crippen LogP contribution < -0.4 is 10.6 Å². The van der Waals surface area contributed by atoms with Crippen molar-refractivity contribution in [2.45, 2.75) is 45.8 Å². The first-order chi connectivity index (χ1) is 6.38. The summed E-state index contributed by atoms with van der Waals surface area (Å²) in [6.45, 7) is 8.26. The molecule has 1 unspecified atom stereocenters. The molecule has 0 aromatic carbocycles. The number of rotatable bonds is 6. The molecule has 1 atom stereocenters. The zero-order chi connectivity index (χ0) is 11.2. The molecular weight excluding hydrogens is 180 g/mol. The van der Waals surface area contributed by atoms with Gasteiger partial charge in [0, 0.05) is 12.6 Å². The van der Waals surface area contributed by atoms with Gasteiger partial charge in [0.1, 0.15) is 0 Å². The molecule has 84 valence electrons. The van der Waals surface area contributed by atoms with Crippen LogP contribution in [0.4, 0.5) is 0 Å². The van der Waals surface area contributed by atoms with Crippen LogP contribution in [-0.2, 0) is 4.79 Å². The first kappa shape index (κ1) is 13.4. The molecule has 0 aliphatic heterocycles. The second-order valence-corrected chi connectivity index (χ2v) is 4.11. The Balaban J connectivity index is 3.67. The van der Waals surface area contributed by atoms with E-state index in [0.717, 1.165) is 6.42 Å². The molecule has 0 radical (unpaired) electrons. The Kier molecular flexibility index (Phi) is 5.72. The second kappa shape index (κ2) is 5.98. The topological polar surface area (TPSA) is 61.4 Å². The minimum absolute atomic E-state index is 0.0250. The Morgan fingerprint density at radius 1 is 1.50 bits per heavy atom. The maximum Gasteiger partial charge on any atom is 0.233 e. The normalized spacial score (nSPS) is 13.8. The lowest BCUT2D eigenvalue weighted by molar-refractivity contribution is -0.120. The van der Waals surface area contributed by atoms with Gasteiger partial charge in [-0.15, -0.1) is 0 Å². The van der Waals surface area contributed by atoms with Crippen molar-refractivity contribution in [2.75, 3.05) is 13.1 Å². The predicted octanol–water partition coefficient (Wildman–Crippen LogP) is 0.262. The lowest BCUT2D eigenvalue weighted by Crippen LogP contribution is -2.48. The molecule has 0 spiro atoms. The van der Waals surface area contributed by atoms with Gasteiger partial charge < -0.3 is 15.7 Å². The summed E-state index contributed by atoms with van der Waals surface area (Å²) >= 11 is 0. The summed E-state index contributed by atoms with van der Waals surface area (Å²) in [5.74, 6) is -0.0250. The number of aliphatic hydroxyl groups is 1. The molecule has 1 amide bonds. The van der Waals surface area contributed by atoms with E-state index < -0.39 is 5.60 Å². The average Bonchev–Trinajstić information content (AvgIpc) is 2.09. The van der Waals surface area contributed by atoms with Gasteiger partial charge in [-0.3, -0.25) is 4.79 Å². The minimum atomic E-state index is -0.801. The molecule has 4 heteroatoms. The maximum atomic E-state index is 11.2. The smallest absolute Gasteiger partial charge is 0.233 e. The molecule has 0 aliphatic carbocycles. The molecule has 0 aliphatic rings. The van der Waals surface area contributed by atoms with Crippen molar-refractivity contribution in [3.63, 3.8) is 0 Å². The van der Waals surface area contributed by atoms with Gasteiger partial charge in [0.15, 0.2) is 0 Å². The number of hydrogen-bond acceptors (Lipinski definition) is 3. The highest BCUT2D eigenvalue weighted by atomic mass is 16.3. The highest BCUT2D eigenvalue weighted by Gasteiger charge is 2.21. The molecule has 3 N–H and O–H groups in total. The van der Waals surface area contributed by atoms with Crippen LogP contribution in [0.15, 0.2) is 0 Å². The van der Waals surface area contributed by atoms with E-state index in [1.54, 1.807) is 13.8 Å². The lowest BCUT2D eigenvalue weighted by atomic mass is 10.0. The van der Waals surface area contributed by atoms with Crippen LogP contribution in [0.25, 0.3) is 0 Å². The van der Waals surface area contributed by atoms with Crippen LogP contribution in [0.1, 0.15) is 34.1 Å². The fourth-order valence-electron chi connectivity index (χ4n) is 0.822. The standard InChI is InChI=1S/C10H22N2O2/c1-5-6-11-9(13)7-12-8(2)10(3,4)14/h8,12,14H,5-7H2,1-4H3,(H,11,13). The van der Waals surface area contributed by atoms with E-state index in [0.29, 0.717) is 6.54 Å². The van der Waals surface area contributed by atoms with Gasteiger partial charge in [-0.2, -0.15) is 0 Å². The van der Waals surface area contributed by atoms with Gasteiger partial charge in [-0.1, -0.05) is 6.92 Å². The largest absolute Gasteiger partial charge is 0.389 e. The summed E-state index contributed by atoms with van der Waals surface area (Å²) < 4.78 is 0. The van der Waals surface area contributed by atoms with Gasteiger partial charge >= 0.3 is 0 Å². The summed E-state index contributed by atoms with van der Waals surface area (Å²) in [4.78, 5) is 11.2. The second-order valence-electron chi connectivity index (χ2n) is 4.11. The molecule has 0 bridgehead atoms. The maximum absolute atomic E-state index is 11.2. The van der Waals surface area contributed by atoms with Crippen molar-refractivity contribution in [2.24, 2.45) is 0 Å². The SMILES string of the molecule is CCCNC(=O)CNC(C)C(C)(C)O. The van der Waals surface area contributed by atoms with E-state index in [1.807, 2.05) is 13.8 Å². The third kappa shape index (κ3) is 5.94. The van der Waals surface area contributed by atoms with Gasteiger partial charge in [-0.25, -0.2) is 0 Å². The van der Waals surface area contributed by atoms with Gasteiger partial charge in [0.05, 0.1) is 12.1 Å². The molecular formula is C10H22N2O2. The number of hydrogen-bond donors (Lipinski definition) is 3. The van der Waals surface area contributed by atoms with Gasteiger partial charge in [0.2, 0.25) is 5.91 Å². The third-order valence-electron chi connectivity index (χ3n) is 2.20. The van der Waals surface area contributed by atoms with E-state index in [4.69, 9.17) is 0 Å². The summed E-state index contributed by atoms with van der Waals surface area (Å²) in [7, 11) is 0. The fraction of sp³-hybridized carbons (Fsp3) is 0.900. The van der Waals surface area contributed by atoms with Crippen LogP contribution in [0.3, 0.4) is 0 Å². The predicted molar refractivity (Wildman–Crippen MR) is 57.1 cm³/mol. The van der Waals surface area contributed by atoms with E-state index in [-0.39, 0.29) is 18.5 Å². The third-order valence-corrected chi connectivity index (χ3v) is 2.20. The molecule has 0 rings (SSSR count). The van der Waals surface area contributed by atoms with E-state index >= 15 is 0 Å². The van der Waals surface area contributed by atoms with Crippen LogP contribution >= 0.6 is 0 Å². The molecule has 14 heavy (non-hydrogen) atoms. The van der Waals surface area contributed by atoms with Crippen molar-refractivity contribution in [1.29, 1.82) is 0 Å². The van der Waals surface area contributed by atoms with Crippen molar-refractivity contribution in [1.82, 2.24) is 10.6 Å². The Bertz CT molecular complexity index is 175. The monoisotopic (exact) mass is 202 g/mol. The summed E-state index contributed by atoms with van der Waals surface area (Å²) in [6, 6.07) is -0.102. The van der Waals surface area contributed by atoms with Crippen LogP contribution in [0.2, 0.25) is 0 Å². The van der Waals surface area contributed by atoms with Crippen molar-refractivity contribution >= 4 is 5.91 Å². The van der Waals surface area contributed by atoms with Crippen molar-refractivity contribution in [3.8, 4) is 0 Å². The number of carbonyl (C=O) groups excluding carboxylic acids is 1. The van der Waals surface area contributed by atoms with Crippen LogP contribution in [-0.4, -0.2) is 35.7 Å². The quantitative estimate of drug-likeness (QED) is 0.579. The Labute approximate surface area is 86.1 Å². The number of amides is 1. The Morgan fingerprint density at radius 2 is 2.07 bits per heavy atom. The minimum Gasteiger partial charge on any atom is -0.389 e. The fourth-order valence-corrected chi connectivity index (χ4v) is 0.822. The van der Waals surface area contributed by atoms with Crippen molar-refractivity contribution in [3.05, 3.63) is 0 Å². The Morgan fingerprint density at radius 3 is 2.50 bits per heavy atom. The van der Waals surface area contributed by atoms with E-state index in [2.05, 4.69) is 10.6 Å². The Hall–Kier alpha value is -0.610. The van der Waals surface area contributed by atoms with Crippen LogP contribution in [0.5, 0.6) is 0 Å². The van der Waals surface area contributed by atoms with E-state index in [1.165, 1.54) is 0 Å². The summed E-state index contributed by atoms with van der Waals surface area (Å²) in [5.41, 5.74) is -0.801. The van der Waals surface area contributed by atoms with E-state index in [9.17, 15) is 9.90 Å². The molecule has 0 fully saturated rings. The molecule has 0 aromatic rings.